The van der Waals surface area contributed by atoms with Crippen LogP contribution in [0, 0.1) is 6.92 Å². The van der Waals surface area contributed by atoms with Gasteiger partial charge in [-0.1, -0.05) is 11.6 Å². The molecule has 0 amide bonds. The van der Waals surface area contributed by atoms with Crippen LogP contribution >= 0.6 is 11.6 Å². The zero-order chi connectivity index (χ0) is 19.5. The molecule has 1 N–H and O–H groups in total. The smallest absolute Gasteiger partial charge is 0.324 e. The van der Waals surface area contributed by atoms with Crippen molar-refractivity contribution in [2.75, 3.05) is 25.1 Å². The molecule has 140 valence electrons. The number of hydrogen-bond donors (Lipinski definition) is 1. The monoisotopic (exact) mass is 399 g/mol. The number of carbonyl (C=O) groups is 1. The van der Waals surface area contributed by atoms with Crippen molar-refractivity contribution in [3.63, 3.8) is 0 Å². The molecule has 0 unspecified atom stereocenters. The molecule has 0 heterocycles. The van der Waals surface area contributed by atoms with Crippen LogP contribution in [0.2, 0.25) is 5.02 Å². The number of anilines is 1. The Kier molecular flexibility index (Phi) is 5.99. The van der Waals surface area contributed by atoms with Gasteiger partial charge in [0.05, 0.1) is 29.8 Å². The van der Waals surface area contributed by atoms with E-state index >= 15 is 0 Å². The Hall–Kier alpha value is -2.45. The summed E-state index contributed by atoms with van der Waals surface area (Å²) in [5.41, 5.74) is 0.725. The Balaban J connectivity index is 2.56. The predicted molar refractivity (Wildman–Crippen MR) is 97.9 cm³/mol. The molecule has 0 saturated heterocycles. The van der Waals surface area contributed by atoms with Gasteiger partial charge in [0.15, 0.2) is 0 Å². The predicted octanol–water partition coefficient (Wildman–Crippen LogP) is 2.95. The number of methoxy groups -OCH3 is 2. The lowest BCUT2D eigenvalue weighted by Gasteiger charge is -2.23. The summed E-state index contributed by atoms with van der Waals surface area (Å²) in [5.74, 6) is -0.421. The molecular weight excluding hydrogens is 382 g/mol. The lowest BCUT2D eigenvalue weighted by molar-refractivity contribution is -0.135. The molecule has 0 saturated carbocycles. The number of aliphatic carboxylic acids is 1. The van der Waals surface area contributed by atoms with E-state index in [0.717, 1.165) is 4.31 Å². The summed E-state index contributed by atoms with van der Waals surface area (Å²) in [4.78, 5) is 11.2. The first-order valence-electron chi connectivity index (χ1n) is 7.43. The van der Waals surface area contributed by atoms with Crippen LogP contribution in [0.5, 0.6) is 11.5 Å². The van der Waals surface area contributed by atoms with Crippen LogP contribution in [0.25, 0.3) is 0 Å². The number of nitrogens with zero attached hydrogens (tertiary/aromatic N) is 1. The van der Waals surface area contributed by atoms with Crippen molar-refractivity contribution in [3.8, 4) is 11.5 Å². The van der Waals surface area contributed by atoms with Gasteiger partial charge >= 0.3 is 5.97 Å². The second-order valence-corrected chi connectivity index (χ2v) is 7.63. The maximum Gasteiger partial charge on any atom is 0.324 e. The molecule has 0 aliphatic carbocycles. The Labute approximate surface area is 156 Å². The van der Waals surface area contributed by atoms with E-state index in [1.807, 2.05) is 0 Å². The standard InChI is InChI=1S/C17H18ClNO6S/c1-11-8-13(5-7-15(11)24-2)26(22,23)19(10-17(20)21)12-4-6-16(25-3)14(18)9-12/h4-9H,10H2,1-3H3,(H,20,21). The molecule has 0 aliphatic heterocycles. The molecule has 2 rings (SSSR count). The third-order valence-electron chi connectivity index (χ3n) is 3.66. The van der Waals surface area contributed by atoms with Crippen molar-refractivity contribution in [1.29, 1.82) is 0 Å². The SMILES string of the molecule is COc1ccc(S(=O)(=O)N(CC(=O)O)c2ccc(OC)c(Cl)c2)cc1C. The van der Waals surface area contributed by atoms with E-state index in [9.17, 15) is 18.3 Å². The summed E-state index contributed by atoms with van der Waals surface area (Å²) in [6.45, 7) is 0.944. The molecule has 0 aromatic heterocycles. The highest BCUT2D eigenvalue weighted by Crippen LogP contribution is 2.32. The van der Waals surface area contributed by atoms with Crippen molar-refractivity contribution in [1.82, 2.24) is 0 Å². The third-order valence-corrected chi connectivity index (χ3v) is 5.72. The largest absolute Gasteiger partial charge is 0.496 e. The Bertz CT molecular complexity index is 929. The number of sulfonamides is 1. The van der Waals surface area contributed by atoms with E-state index in [2.05, 4.69) is 0 Å². The second-order valence-electron chi connectivity index (χ2n) is 5.36. The van der Waals surface area contributed by atoms with Gasteiger partial charge < -0.3 is 14.6 Å². The Morgan fingerprint density at radius 3 is 2.23 bits per heavy atom. The van der Waals surface area contributed by atoms with Gasteiger partial charge in [-0.05, 0) is 48.9 Å². The topological polar surface area (TPSA) is 93.1 Å². The molecule has 0 radical (unpaired) electrons. The molecule has 2 aromatic rings. The summed E-state index contributed by atoms with van der Waals surface area (Å²) in [6, 6.07) is 8.55. The van der Waals surface area contributed by atoms with Crippen LogP contribution < -0.4 is 13.8 Å². The van der Waals surface area contributed by atoms with E-state index in [0.29, 0.717) is 17.1 Å². The molecule has 7 nitrogen and oxygen atoms in total. The van der Waals surface area contributed by atoms with Crippen LogP contribution in [-0.4, -0.2) is 40.3 Å². The number of rotatable bonds is 7. The van der Waals surface area contributed by atoms with Crippen LogP contribution in [0.4, 0.5) is 5.69 Å². The second kappa shape index (κ2) is 7.84. The number of hydrogen-bond acceptors (Lipinski definition) is 5. The number of ether oxygens (including phenoxy) is 2. The zero-order valence-electron chi connectivity index (χ0n) is 14.4. The molecule has 9 heteroatoms. The van der Waals surface area contributed by atoms with E-state index in [4.69, 9.17) is 21.1 Å². The molecule has 0 fully saturated rings. The van der Waals surface area contributed by atoms with Gasteiger partial charge in [0.2, 0.25) is 0 Å². The number of aryl methyl sites for hydroxylation is 1. The first kappa shape index (κ1) is 19.9. The zero-order valence-corrected chi connectivity index (χ0v) is 16.0. The molecule has 0 bridgehead atoms. The van der Waals surface area contributed by atoms with Crippen LogP contribution in [0.3, 0.4) is 0 Å². The minimum Gasteiger partial charge on any atom is -0.496 e. The molecule has 0 aliphatic rings. The molecular formula is C17H18ClNO6S. The Morgan fingerprint density at radius 2 is 1.73 bits per heavy atom. The minimum atomic E-state index is -4.14. The summed E-state index contributed by atoms with van der Waals surface area (Å²) >= 11 is 6.06. The maximum absolute atomic E-state index is 13.0. The van der Waals surface area contributed by atoms with Crippen LogP contribution in [0.1, 0.15) is 5.56 Å². The van der Waals surface area contributed by atoms with Crippen molar-refractivity contribution >= 4 is 33.3 Å². The van der Waals surface area contributed by atoms with Crippen molar-refractivity contribution in [2.24, 2.45) is 0 Å². The van der Waals surface area contributed by atoms with Crippen molar-refractivity contribution in [2.45, 2.75) is 11.8 Å². The summed E-state index contributed by atoms with van der Waals surface area (Å²) in [7, 11) is -1.23. The van der Waals surface area contributed by atoms with E-state index in [1.54, 1.807) is 6.92 Å². The van der Waals surface area contributed by atoms with Gasteiger partial charge in [0.25, 0.3) is 10.0 Å². The first-order valence-corrected chi connectivity index (χ1v) is 9.25. The number of carboxylic acids is 1. The molecule has 0 atom stereocenters. The lowest BCUT2D eigenvalue weighted by atomic mass is 10.2. The highest BCUT2D eigenvalue weighted by molar-refractivity contribution is 7.92. The number of carboxylic acid groups (broad SMARTS) is 1. The van der Waals surface area contributed by atoms with Gasteiger partial charge in [0, 0.05) is 0 Å². The third kappa shape index (κ3) is 4.03. The summed E-state index contributed by atoms with van der Waals surface area (Å²) < 4.78 is 37.0. The molecule has 0 spiro atoms. The lowest BCUT2D eigenvalue weighted by Crippen LogP contribution is -2.35. The minimum absolute atomic E-state index is 0.0519. The fraction of sp³-hybridized carbons (Fsp3) is 0.235. The fourth-order valence-electron chi connectivity index (χ4n) is 2.39. The fourth-order valence-corrected chi connectivity index (χ4v) is 4.13. The first-order chi connectivity index (χ1) is 12.2. The average molecular weight is 400 g/mol. The number of halogens is 1. The van der Waals surface area contributed by atoms with Crippen LogP contribution in [-0.2, 0) is 14.8 Å². The van der Waals surface area contributed by atoms with Crippen molar-refractivity contribution in [3.05, 3.63) is 47.0 Å². The molecule has 2 aromatic carbocycles. The summed E-state index contributed by atoms with van der Waals surface area (Å²) in [5, 5.41) is 9.35. The van der Waals surface area contributed by atoms with Crippen molar-refractivity contribution < 1.29 is 27.8 Å². The maximum atomic E-state index is 13.0. The highest BCUT2D eigenvalue weighted by Gasteiger charge is 2.28. The average Bonchev–Trinajstić information content (AvgIpc) is 2.59. The number of benzene rings is 2. The highest BCUT2D eigenvalue weighted by atomic mass is 35.5. The summed E-state index contributed by atoms with van der Waals surface area (Å²) in [6.07, 6.45) is 0. The quantitative estimate of drug-likeness (QED) is 0.769. The van der Waals surface area contributed by atoms with E-state index in [-0.39, 0.29) is 15.6 Å². The van der Waals surface area contributed by atoms with Gasteiger partial charge in [-0.15, -0.1) is 0 Å². The van der Waals surface area contributed by atoms with E-state index < -0.39 is 22.5 Å². The Morgan fingerprint density at radius 1 is 1.12 bits per heavy atom. The van der Waals surface area contributed by atoms with Crippen LogP contribution in [0.15, 0.2) is 41.3 Å². The normalized spacial score (nSPS) is 11.1. The van der Waals surface area contributed by atoms with Gasteiger partial charge in [-0.25, -0.2) is 8.42 Å². The van der Waals surface area contributed by atoms with Gasteiger partial charge in [0.1, 0.15) is 18.0 Å². The van der Waals surface area contributed by atoms with Gasteiger partial charge in [-0.2, -0.15) is 0 Å². The van der Waals surface area contributed by atoms with Gasteiger partial charge in [-0.3, -0.25) is 9.10 Å². The molecule has 26 heavy (non-hydrogen) atoms. The van der Waals surface area contributed by atoms with E-state index in [1.165, 1.54) is 50.6 Å².